The van der Waals surface area contributed by atoms with Crippen LogP contribution in [0, 0.1) is 11.1 Å². The summed E-state index contributed by atoms with van der Waals surface area (Å²) in [6.45, 7) is 4.99. The van der Waals surface area contributed by atoms with Crippen LogP contribution in [0.1, 0.15) is 27.2 Å². The summed E-state index contributed by atoms with van der Waals surface area (Å²) in [7, 11) is 0. The molecule has 2 atom stereocenters. The van der Waals surface area contributed by atoms with Gasteiger partial charge in [0.25, 0.3) is 0 Å². The van der Waals surface area contributed by atoms with Crippen LogP contribution in [0.15, 0.2) is 0 Å². The first kappa shape index (κ1) is 17.7. The molecule has 0 saturated carbocycles. The molecule has 1 rings (SSSR count). The van der Waals surface area contributed by atoms with Crippen molar-refractivity contribution in [1.29, 1.82) is 0 Å². The highest BCUT2D eigenvalue weighted by molar-refractivity contribution is 6.36. The van der Waals surface area contributed by atoms with Crippen molar-refractivity contribution in [2.75, 3.05) is 19.8 Å². The van der Waals surface area contributed by atoms with E-state index >= 15 is 0 Å². The summed E-state index contributed by atoms with van der Waals surface area (Å²) in [5, 5.41) is 11.8. The minimum atomic E-state index is -1.39. The summed E-state index contributed by atoms with van der Waals surface area (Å²) in [4.78, 5) is 40.0. The van der Waals surface area contributed by atoms with Crippen LogP contribution in [0.4, 0.5) is 0 Å². The van der Waals surface area contributed by atoms with Crippen LogP contribution >= 0.6 is 0 Å². The van der Waals surface area contributed by atoms with Gasteiger partial charge in [-0.05, 0) is 20.8 Å². The smallest absolute Gasteiger partial charge is 0.405 e. The molecule has 0 saturated heterocycles. The number of ether oxygens (including phenoxy) is 3. The second-order valence-electron chi connectivity index (χ2n) is 4.26. The van der Waals surface area contributed by atoms with Gasteiger partial charge in [-0.25, -0.2) is 4.79 Å². The molecule has 0 aromatic rings. The van der Waals surface area contributed by atoms with Crippen molar-refractivity contribution in [1.82, 2.24) is 0 Å². The van der Waals surface area contributed by atoms with E-state index in [2.05, 4.69) is 0 Å². The monoisotopic (exact) mass is 317 g/mol. The van der Waals surface area contributed by atoms with Crippen molar-refractivity contribution < 1.29 is 38.3 Å². The van der Waals surface area contributed by atoms with E-state index < -0.39 is 35.6 Å². The quantitative estimate of drug-likeness (QED) is 0.364. The van der Waals surface area contributed by atoms with Crippen molar-refractivity contribution in [2.24, 2.45) is 5.92 Å². The zero-order chi connectivity index (χ0) is 16.7. The van der Waals surface area contributed by atoms with Gasteiger partial charge in [0.2, 0.25) is 0 Å². The van der Waals surface area contributed by atoms with Gasteiger partial charge in [-0.2, -0.15) is 0 Å². The Labute approximate surface area is 127 Å². The van der Waals surface area contributed by atoms with Gasteiger partial charge in [-0.3, -0.25) is 14.8 Å². The Hall–Kier alpha value is -2.32. The molecule has 1 heterocycles. The first-order chi connectivity index (χ1) is 10.5. The van der Waals surface area contributed by atoms with Crippen LogP contribution in [0.25, 0.3) is 0 Å². The van der Waals surface area contributed by atoms with Gasteiger partial charge in [0.15, 0.2) is 6.10 Å². The number of carbonyl (C=O) groups is 3. The predicted molar refractivity (Wildman–Crippen MR) is 71.5 cm³/mol. The highest BCUT2D eigenvalue weighted by atomic mass is 16.9. The van der Waals surface area contributed by atoms with E-state index in [-0.39, 0.29) is 31.1 Å². The van der Waals surface area contributed by atoms with Gasteiger partial charge < -0.3 is 19.0 Å². The standard InChI is InChI=1S/C13H19NO8/c1-4-19-9(15)7-8-10(12(16)20-5-2)14(18)22-11(8)13(17)21-6-3/h8,11H,4-7H2,1-3H3/t8-,11+/m0/s1. The van der Waals surface area contributed by atoms with E-state index in [0.29, 0.717) is 0 Å². The third-order valence-corrected chi connectivity index (χ3v) is 2.82. The maximum Gasteiger partial charge on any atom is 0.405 e. The summed E-state index contributed by atoms with van der Waals surface area (Å²) in [5.74, 6) is -3.56. The zero-order valence-corrected chi connectivity index (χ0v) is 12.7. The highest BCUT2D eigenvalue weighted by Crippen LogP contribution is 2.24. The first-order valence-corrected chi connectivity index (χ1v) is 6.96. The van der Waals surface area contributed by atoms with Crippen molar-refractivity contribution in [3.63, 3.8) is 0 Å². The lowest BCUT2D eigenvalue weighted by Gasteiger charge is -2.16. The lowest BCUT2D eigenvalue weighted by Crippen LogP contribution is -2.37. The molecule has 9 heteroatoms. The predicted octanol–water partition coefficient (Wildman–Crippen LogP) is -0.0529. The second-order valence-corrected chi connectivity index (χ2v) is 4.26. The SMILES string of the molecule is CCOC(=O)C[C@H]1C(C(=O)OCC)=[N+]([O-])O[C@H]1C(=O)OCC. The van der Waals surface area contributed by atoms with Crippen molar-refractivity contribution in [3.05, 3.63) is 5.21 Å². The van der Waals surface area contributed by atoms with Crippen LogP contribution in [0.3, 0.4) is 0 Å². The summed E-state index contributed by atoms with van der Waals surface area (Å²) in [6.07, 6.45) is -1.76. The molecular weight excluding hydrogens is 298 g/mol. The van der Waals surface area contributed by atoms with E-state index in [1.165, 1.54) is 0 Å². The van der Waals surface area contributed by atoms with Crippen LogP contribution < -0.4 is 0 Å². The summed E-state index contributed by atoms with van der Waals surface area (Å²) in [6, 6.07) is 0. The fraction of sp³-hybridized carbons (Fsp3) is 0.692. The zero-order valence-electron chi connectivity index (χ0n) is 12.7. The fourth-order valence-corrected chi connectivity index (χ4v) is 1.98. The molecule has 1 aliphatic rings. The van der Waals surface area contributed by atoms with Crippen molar-refractivity contribution in [2.45, 2.75) is 33.3 Å². The fourth-order valence-electron chi connectivity index (χ4n) is 1.98. The summed E-state index contributed by atoms with van der Waals surface area (Å²) in [5.41, 5.74) is -0.451. The second kappa shape index (κ2) is 8.20. The lowest BCUT2D eigenvalue weighted by molar-refractivity contribution is -0.737. The Kier molecular flexibility index (Phi) is 6.61. The maximum atomic E-state index is 11.8. The molecule has 0 bridgehead atoms. The molecule has 0 aromatic carbocycles. The average molecular weight is 317 g/mol. The van der Waals surface area contributed by atoms with Gasteiger partial charge in [-0.15, -0.1) is 0 Å². The van der Waals surface area contributed by atoms with Gasteiger partial charge >= 0.3 is 23.6 Å². The van der Waals surface area contributed by atoms with E-state index in [9.17, 15) is 19.6 Å². The number of rotatable bonds is 7. The van der Waals surface area contributed by atoms with Gasteiger partial charge in [-0.1, -0.05) is 0 Å². The van der Waals surface area contributed by atoms with Gasteiger partial charge in [0.05, 0.1) is 37.1 Å². The van der Waals surface area contributed by atoms with Gasteiger partial charge in [0.1, 0.15) is 0 Å². The molecule has 9 nitrogen and oxygen atoms in total. The molecule has 0 spiro atoms. The van der Waals surface area contributed by atoms with Crippen molar-refractivity contribution in [3.8, 4) is 0 Å². The Morgan fingerprint density at radius 3 is 2.23 bits per heavy atom. The van der Waals surface area contributed by atoms with E-state index in [1.807, 2.05) is 0 Å². The Morgan fingerprint density at radius 2 is 1.68 bits per heavy atom. The minimum absolute atomic E-state index is 0.0341. The molecule has 1 aliphatic heterocycles. The van der Waals surface area contributed by atoms with Crippen LogP contribution in [0.5, 0.6) is 0 Å². The topological polar surface area (TPSA) is 114 Å². The molecule has 124 valence electrons. The normalized spacial score (nSPS) is 20.3. The Morgan fingerprint density at radius 1 is 1.09 bits per heavy atom. The number of carbonyl (C=O) groups excluding carboxylic acids is 3. The lowest BCUT2D eigenvalue weighted by atomic mass is 9.93. The first-order valence-electron chi connectivity index (χ1n) is 6.96. The number of hydrogen-bond donors (Lipinski definition) is 0. The molecule has 0 radical (unpaired) electrons. The molecule has 0 unspecified atom stereocenters. The summed E-state index contributed by atoms with van der Waals surface area (Å²) >= 11 is 0. The molecule has 0 fully saturated rings. The van der Waals surface area contributed by atoms with E-state index in [4.69, 9.17) is 19.0 Å². The van der Waals surface area contributed by atoms with Crippen molar-refractivity contribution >= 4 is 23.6 Å². The number of nitrogens with zero attached hydrogens (tertiary/aromatic N) is 1. The molecule has 0 amide bonds. The third kappa shape index (κ3) is 4.09. The minimum Gasteiger partial charge on any atom is -0.466 e. The Balaban J connectivity index is 3.00. The van der Waals surface area contributed by atoms with E-state index in [0.717, 1.165) is 0 Å². The Bertz CT molecular complexity index is 473. The molecule has 0 aromatic heterocycles. The maximum absolute atomic E-state index is 11.8. The average Bonchev–Trinajstić information content (AvgIpc) is 2.76. The molecular formula is C13H19NO8. The third-order valence-electron chi connectivity index (χ3n) is 2.82. The highest BCUT2D eigenvalue weighted by Gasteiger charge is 2.50. The molecule has 0 aliphatic carbocycles. The number of esters is 3. The number of hydrogen-bond acceptors (Lipinski definition) is 8. The van der Waals surface area contributed by atoms with Crippen LogP contribution in [0.2, 0.25) is 0 Å². The largest absolute Gasteiger partial charge is 0.466 e. The molecule has 0 N–H and O–H groups in total. The summed E-state index contributed by atoms with van der Waals surface area (Å²) < 4.78 is 14.3. The van der Waals surface area contributed by atoms with Gasteiger partial charge in [0, 0.05) is 0 Å². The van der Waals surface area contributed by atoms with E-state index in [1.54, 1.807) is 20.8 Å². The van der Waals surface area contributed by atoms with Crippen LogP contribution in [-0.4, -0.2) is 54.4 Å². The molecule has 22 heavy (non-hydrogen) atoms. The van der Waals surface area contributed by atoms with Crippen LogP contribution in [-0.2, 0) is 33.4 Å².